The van der Waals surface area contributed by atoms with Gasteiger partial charge in [-0.2, -0.15) is 0 Å². The van der Waals surface area contributed by atoms with Gasteiger partial charge in [0, 0.05) is 17.5 Å². The summed E-state index contributed by atoms with van der Waals surface area (Å²) in [4.78, 5) is 12.5. The van der Waals surface area contributed by atoms with Gasteiger partial charge in [0.1, 0.15) is 11.5 Å². The highest BCUT2D eigenvalue weighted by Crippen LogP contribution is 2.14. The molecule has 0 unspecified atom stereocenters. The Hall–Kier alpha value is -1.92. The van der Waals surface area contributed by atoms with Crippen LogP contribution < -0.4 is 0 Å². The lowest BCUT2D eigenvalue weighted by atomic mass is 10.1. The normalized spacial score (nSPS) is 9.95. The number of pyridine rings is 1. The van der Waals surface area contributed by atoms with Crippen LogP contribution in [0.2, 0.25) is 5.15 Å². The first kappa shape index (κ1) is 14.5. The van der Waals surface area contributed by atoms with E-state index < -0.39 is 0 Å². The van der Waals surface area contributed by atoms with E-state index in [9.17, 15) is 0 Å². The summed E-state index contributed by atoms with van der Waals surface area (Å²) in [6, 6.07) is 3.99. The van der Waals surface area contributed by atoms with E-state index in [1.165, 1.54) is 6.33 Å². The summed E-state index contributed by atoms with van der Waals surface area (Å²) in [5.41, 5.74) is 3.53. The van der Waals surface area contributed by atoms with E-state index in [0.29, 0.717) is 10.7 Å². The number of rotatable bonds is 3. The fraction of sp³-hybridized carbons (Fsp3) is 0.312. The first-order valence-corrected chi connectivity index (χ1v) is 7.08. The molecule has 0 atom stereocenters. The molecule has 4 heteroatoms. The van der Waals surface area contributed by atoms with Crippen molar-refractivity contribution in [1.29, 1.82) is 0 Å². The highest BCUT2D eigenvalue weighted by molar-refractivity contribution is 6.30. The molecule has 0 aromatic carbocycles. The average Bonchev–Trinajstić information content (AvgIpc) is 2.47. The van der Waals surface area contributed by atoms with E-state index in [-0.39, 0.29) is 0 Å². The Kier molecular flexibility index (Phi) is 5.09. The second-order valence-corrected chi connectivity index (χ2v) is 4.74. The van der Waals surface area contributed by atoms with E-state index in [4.69, 9.17) is 11.6 Å². The molecule has 0 aliphatic heterocycles. The van der Waals surface area contributed by atoms with Gasteiger partial charge >= 0.3 is 0 Å². The highest BCUT2D eigenvalue weighted by Gasteiger charge is 2.05. The van der Waals surface area contributed by atoms with Crippen molar-refractivity contribution in [1.82, 2.24) is 15.0 Å². The van der Waals surface area contributed by atoms with Gasteiger partial charge < -0.3 is 0 Å². The molecule has 102 valence electrons. The number of hydrogen-bond acceptors (Lipinski definition) is 3. The van der Waals surface area contributed by atoms with Crippen LogP contribution in [-0.2, 0) is 12.8 Å². The van der Waals surface area contributed by atoms with Crippen molar-refractivity contribution in [3.63, 3.8) is 0 Å². The number of aryl methyl sites for hydroxylation is 2. The van der Waals surface area contributed by atoms with Crippen LogP contribution >= 0.6 is 11.6 Å². The molecule has 2 aromatic heterocycles. The second kappa shape index (κ2) is 7.02. The Morgan fingerprint density at radius 1 is 1.10 bits per heavy atom. The van der Waals surface area contributed by atoms with Gasteiger partial charge in [-0.3, -0.25) is 4.98 Å². The monoisotopic (exact) mass is 285 g/mol. The zero-order chi connectivity index (χ0) is 14.4. The number of halogens is 1. The third-order valence-electron chi connectivity index (χ3n) is 2.88. The van der Waals surface area contributed by atoms with Crippen molar-refractivity contribution >= 4 is 11.6 Å². The van der Waals surface area contributed by atoms with Crippen LogP contribution in [0.4, 0.5) is 0 Å². The van der Waals surface area contributed by atoms with Gasteiger partial charge in [0.15, 0.2) is 0 Å². The molecule has 0 aliphatic rings. The topological polar surface area (TPSA) is 38.7 Å². The molecule has 2 aromatic rings. The molecule has 0 saturated heterocycles. The summed E-state index contributed by atoms with van der Waals surface area (Å²) in [6.07, 6.45) is 6.12. The Balaban J connectivity index is 2.26. The Morgan fingerprint density at radius 3 is 2.60 bits per heavy atom. The Morgan fingerprint density at radius 2 is 1.95 bits per heavy atom. The summed E-state index contributed by atoms with van der Waals surface area (Å²) in [6.45, 7) is 4.16. The minimum Gasteiger partial charge on any atom is -0.260 e. The van der Waals surface area contributed by atoms with Crippen LogP contribution in [0.15, 0.2) is 24.7 Å². The number of nitrogens with zero attached hydrogens (tertiary/aromatic N) is 3. The summed E-state index contributed by atoms with van der Waals surface area (Å²) in [5, 5.41) is 0.403. The van der Waals surface area contributed by atoms with Gasteiger partial charge in [0.05, 0.1) is 11.3 Å². The third-order valence-corrected chi connectivity index (χ3v) is 3.16. The van der Waals surface area contributed by atoms with Crippen molar-refractivity contribution in [2.45, 2.75) is 33.1 Å². The first-order chi connectivity index (χ1) is 9.74. The van der Waals surface area contributed by atoms with E-state index in [2.05, 4.69) is 33.7 Å². The average molecular weight is 286 g/mol. The van der Waals surface area contributed by atoms with E-state index >= 15 is 0 Å². The van der Waals surface area contributed by atoms with E-state index in [1.54, 1.807) is 6.20 Å². The maximum Gasteiger partial charge on any atom is 0.148 e. The largest absolute Gasteiger partial charge is 0.260 e. The molecule has 0 spiro atoms. The fourth-order valence-electron chi connectivity index (χ4n) is 1.83. The SMILES string of the molecule is CCCc1ccc(C#Cc2c(Cl)ncnc2CC)cn1. The minimum atomic E-state index is 0.403. The molecule has 0 amide bonds. The standard InChI is InChI=1S/C16H16ClN3/c1-3-5-13-8-6-12(10-18-13)7-9-14-15(4-2)19-11-20-16(14)17/h6,8,10-11H,3-5H2,1-2H3. The molecule has 0 aliphatic carbocycles. The molecule has 20 heavy (non-hydrogen) atoms. The third kappa shape index (κ3) is 3.55. The molecular weight excluding hydrogens is 270 g/mol. The van der Waals surface area contributed by atoms with Gasteiger partial charge in [0.25, 0.3) is 0 Å². The van der Waals surface area contributed by atoms with Gasteiger partial charge in [0.2, 0.25) is 0 Å². The van der Waals surface area contributed by atoms with Gasteiger partial charge in [-0.05, 0) is 25.0 Å². The smallest absolute Gasteiger partial charge is 0.148 e. The molecule has 2 heterocycles. The zero-order valence-corrected chi connectivity index (χ0v) is 12.4. The van der Waals surface area contributed by atoms with Crippen LogP contribution in [0.5, 0.6) is 0 Å². The molecule has 0 N–H and O–H groups in total. The molecular formula is C16H16ClN3. The van der Waals surface area contributed by atoms with Crippen molar-refractivity contribution in [3.05, 3.63) is 52.3 Å². The molecule has 2 rings (SSSR count). The summed E-state index contributed by atoms with van der Waals surface area (Å²) in [5.74, 6) is 6.12. The summed E-state index contributed by atoms with van der Waals surface area (Å²) in [7, 11) is 0. The quantitative estimate of drug-likeness (QED) is 0.640. The molecule has 3 nitrogen and oxygen atoms in total. The Bertz CT molecular complexity index is 639. The number of hydrogen-bond donors (Lipinski definition) is 0. The number of aromatic nitrogens is 3. The lowest BCUT2D eigenvalue weighted by molar-refractivity contribution is 0.882. The van der Waals surface area contributed by atoms with E-state index in [0.717, 1.165) is 36.2 Å². The Labute approximate surface area is 124 Å². The van der Waals surface area contributed by atoms with Crippen molar-refractivity contribution in [3.8, 4) is 11.8 Å². The minimum absolute atomic E-state index is 0.403. The van der Waals surface area contributed by atoms with Gasteiger partial charge in [-0.1, -0.05) is 43.7 Å². The van der Waals surface area contributed by atoms with Crippen LogP contribution in [0.25, 0.3) is 0 Å². The van der Waals surface area contributed by atoms with Gasteiger partial charge in [-0.25, -0.2) is 9.97 Å². The maximum absolute atomic E-state index is 6.07. The van der Waals surface area contributed by atoms with Crippen LogP contribution in [0, 0.1) is 11.8 Å². The molecule has 0 radical (unpaired) electrons. The predicted octanol–water partition coefficient (Wildman–Crippen LogP) is 3.44. The van der Waals surface area contributed by atoms with Gasteiger partial charge in [-0.15, -0.1) is 0 Å². The zero-order valence-electron chi connectivity index (χ0n) is 11.7. The van der Waals surface area contributed by atoms with Crippen molar-refractivity contribution in [2.75, 3.05) is 0 Å². The van der Waals surface area contributed by atoms with Crippen LogP contribution in [-0.4, -0.2) is 15.0 Å². The van der Waals surface area contributed by atoms with Crippen molar-refractivity contribution in [2.24, 2.45) is 0 Å². The van der Waals surface area contributed by atoms with Crippen LogP contribution in [0.3, 0.4) is 0 Å². The predicted molar refractivity (Wildman–Crippen MR) is 80.6 cm³/mol. The van der Waals surface area contributed by atoms with Crippen molar-refractivity contribution < 1.29 is 0 Å². The van der Waals surface area contributed by atoms with E-state index in [1.807, 2.05) is 19.1 Å². The fourth-order valence-corrected chi connectivity index (χ4v) is 2.03. The summed E-state index contributed by atoms with van der Waals surface area (Å²) < 4.78 is 0. The van der Waals surface area contributed by atoms with Crippen LogP contribution in [0.1, 0.15) is 42.8 Å². The summed E-state index contributed by atoms with van der Waals surface area (Å²) >= 11 is 6.07. The molecule has 0 fully saturated rings. The lowest BCUT2D eigenvalue weighted by Crippen LogP contribution is -1.95. The second-order valence-electron chi connectivity index (χ2n) is 4.38. The molecule has 0 bridgehead atoms. The molecule has 0 saturated carbocycles. The highest BCUT2D eigenvalue weighted by atomic mass is 35.5. The lowest BCUT2D eigenvalue weighted by Gasteiger charge is -2.00. The maximum atomic E-state index is 6.07. The first-order valence-electron chi connectivity index (χ1n) is 6.71.